The zero-order valence-electron chi connectivity index (χ0n) is 17.1. The van der Waals surface area contributed by atoms with Crippen molar-refractivity contribution in [1.29, 1.82) is 0 Å². The second kappa shape index (κ2) is 9.53. The largest absolute Gasteiger partial charge is 0.465 e. The normalized spacial score (nSPS) is 14.6. The molecule has 3 N–H and O–H groups in total. The highest BCUT2D eigenvalue weighted by molar-refractivity contribution is 5.99. The molecule has 9 heteroatoms. The number of aryl methyl sites for hydroxylation is 1. The number of amides is 3. The van der Waals surface area contributed by atoms with E-state index in [1.54, 1.807) is 24.3 Å². The highest BCUT2D eigenvalue weighted by Gasteiger charge is 2.25. The number of hydrogen-bond acceptors (Lipinski definition) is 4. The van der Waals surface area contributed by atoms with Gasteiger partial charge in [-0.05, 0) is 56.6 Å². The quantitative estimate of drug-likeness (QED) is 0.691. The number of carboxylic acid groups (broad SMARTS) is 1. The molecule has 0 saturated carbocycles. The first-order valence-electron chi connectivity index (χ1n) is 9.79. The molecule has 8 nitrogen and oxygen atoms in total. The number of nitrogens with zero attached hydrogens (tertiary/aromatic N) is 3. The minimum atomic E-state index is -0.884. The van der Waals surface area contributed by atoms with Gasteiger partial charge in [-0.15, -0.1) is 0 Å². The summed E-state index contributed by atoms with van der Waals surface area (Å²) >= 11 is 0. The number of nitrogens with one attached hydrogen (secondary N) is 2. The van der Waals surface area contributed by atoms with Gasteiger partial charge in [0.1, 0.15) is 5.82 Å². The lowest BCUT2D eigenvalue weighted by atomic mass is 10.0. The van der Waals surface area contributed by atoms with Crippen molar-refractivity contribution in [2.45, 2.75) is 32.4 Å². The monoisotopic (exact) mass is 415 g/mol. The molecule has 0 unspecified atom stereocenters. The summed E-state index contributed by atoms with van der Waals surface area (Å²) in [4.78, 5) is 30.9. The third-order valence-corrected chi connectivity index (χ3v) is 5.24. The molecule has 2 aromatic rings. The minimum absolute atomic E-state index is 0.0965. The lowest BCUT2D eigenvalue weighted by Crippen LogP contribution is -2.44. The Morgan fingerprint density at radius 3 is 2.60 bits per heavy atom. The van der Waals surface area contributed by atoms with E-state index in [2.05, 4.69) is 20.5 Å². The van der Waals surface area contributed by atoms with Crippen molar-refractivity contribution in [3.05, 3.63) is 53.6 Å². The van der Waals surface area contributed by atoms with Crippen molar-refractivity contribution in [1.82, 2.24) is 14.8 Å². The number of anilines is 2. The number of urea groups is 1. The second-order valence-corrected chi connectivity index (χ2v) is 7.50. The number of pyridine rings is 1. The molecule has 1 fully saturated rings. The Hall–Kier alpha value is -3.20. The summed E-state index contributed by atoms with van der Waals surface area (Å²) in [6.07, 6.45) is 2.15. The number of carbonyl (C=O) groups excluding carboxylic acids is 1. The number of hydrogen-bond donors (Lipinski definition) is 3. The molecule has 1 aromatic heterocycles. The van der Waals surface area contributed by atoms with Gasteiger partial charge in [-0.1, -0.05) is 6.07 Å². The van der Waals surface area contributed by atoms with Crippen LogP contribution in [0.4, 0.5) is 25.4 Å². The molecule has 0 atom stereocenters. The lowest BCUT2D eigenvalue weighted by Gasteiger charge is -2.35. The van der Waals surface area contributed by atoms with E-state index in [4.69, 9.17) is 5.11 Å². The Balaban J connectivity index is 1.58. The van der Waals surface area contributed by atoms with Gasteiger partial charge in [0, 0.05) is 31.4 Å². The summed E-state index contributed by atoms with van der Waals surface area (Å²) < 4.78 is 14.2. The smallest absolute Gasteiger partial charge is 0.407 e. The highest BCUT2D eigenvalue weighted by Crippen LogP contribution is 2.21. The molecular weight excluding hydrogens is 389 g/mol. The maximum Gasteiger partial charge on any atom is 0.407 e. The van der Waals surface area contributed by atoms with Crippen LogP contribution >= 0.6 is 0 Å². The van der Waals surface area contributed by atoms with Crippen molar-refractivity contribution in [3.8, 4) is 0 Å². The number of rotatable bonds is 5. The fourth-order valence-corrected chi connectivity index (χ4v) is 3.51. The third-order valence-electron chi connectivity index (χ3n) is 5.24. The molecule has 3 rings (SSSR count). The average molecular weight is 415 g/mol. The topological polar surface area (TPSA) is 97.8 Å². The zero-order valence-corrected chi connectivity index (χ0v) is 17.1. The summed E-state index contributed by atoms with van der Waals surface area (Å²) in [6.45, 7) is 3.43. The molecule has 1 aromatic carbocycles. The van der Waals surface area contributed by atoms with Crippen LogP contribution in [0.25, 0.3) is 0 Å². The SMILES string of the molecule is Cc1ccc(NC(=O)Nc2cc(CN(C)C3CCN(C(=O)O)CC3)ccc2F)cn1. The Bertz CT molecular complexity index is 898. The number of aromatic nitrogens is 1. The maximum absolute atomic E-state index is 14.2. The second-order valence-electron chi connectivity index (χ2n) is 7.50. The van der Waals surface area contributed by atoms with Crippen LogP contribution in [0.5, 0.6) is 0 Å². The summed E-state index contributed by atoms with van der Waals surface area (Å²) in [6, 6.07) is 7.83. The molecule has 160 valence electrons. The van der Waals surface area contributed by atoms with Gasteiger partial charge in [0.05, 0.1) is 17.6 Å². The number of likely N-dealkylation sites (tertiary alicyclic amines) is 1. The predicted octanol–water partition coefficient (Wildman–Crippen LogP) is 3.75. The molecule has 0 spiro atoms. The molecule has 2 heterocycles. The molecule has 0 bridgehead atoms. The number of benzene rings is 1. The van der Waals surface area contributed by atoms with Gasteiger partial charge in [-0.2, -0.15) is 0 Å². The highest BCUT2D eigenvalue weighted by atomic mass is 19.1. The van der Waals surface area contributed by atoms with E-state index in [-0.39, 0.29) is 11.7 Å². The van der Waals surface area contributed by atoms with E-state index in [1.165, 1.54) is 17.2 Å². The molecule has 0 radical (unpaired) electrons. The van der Waals surface area contributed by atoms with E-state index in [9.17, 15) is 14.0 Å². The standard InChI is InChI=1S/C21H26FN5O3/c1-14-3-5-16(12-23-14)24-20(28)25-19-11-15(4-6-18(19)22)13-26(2)17-7-9-27(10-8-17)21(29)30/h3-6,11-12,17H,7-10,13H2,1-2H3,(H,29,30)(H2,24,25,28). The van der Waals surface area contributed by atoms with Gasteiger partial charge in [-0.25, -0.2) is 14.0 Å². The summed E-state index contributed by atoms with van der Waals surface area (Å²) in [5, 5.41) is 14.2. The molecule has 0 aliphatic carbocycles. The summed E-state index contributed by atoms with van der Waals surface area (Å²) in [5.74, 6) is -0.520. The Labute approximate surface area is 174 Å². The van der Waals surface area contributed by atoms with Crippen LogP contribution in [0.2, 0.25) is 0 Å². The maximum atomic E-state index is 14.2. The Morgan fingerprint density at radius 2 is 1.97 bits per heavy atom. The van der Waals surface area contributed by atoms with E-state index < -0.39 is 17.9 Å². The van der Waals surface area contributed by atoms with E-state index in [0.29, 0.717) is 25.3 Å². The van der Waals surface area contributed by atoms with E-state index >= 15 is 0 Å². The Morgan fingerprint density at radius 1 is 1.23 bits per heavy atom. The summed E-state index contributed by atoms with van der Waals surface area (Å²) in [7, 11) is 1.97. The van der Waals surface area contributed by atoms with Crippen molar-refractivity contribution in [2.75, 3.05) is 30.8 Å². The third kappa shape index (κ3) is 5.66. The van der Waals surface area contributed by atoms with Crippen LogP contribution in [0.1, 0.15) is 24.1 Å². The molecule has 1 saturated heterocycles. The molecule has 30 heavy (non-hydrogen) atoms. The van der Waals surface area contributed by atoms with Crippen LogP contribution in [-0.4, -0.2) is 58.2 Å². The zero-order chi connectivity index (χ0) is 21.7. The Kier molecular flexibility index (Phi) is 6.83. The van der Waals surface area contributed by atoms with Crippen LogP contribution in [0, 0.1) is 12.7 Å². The van der Waals surface area contributed by atoms with Crippen molar-refractivity contribution in [2.24, 2.45) is 0 Å². The fourth-order valence-electron chi connectivity index (χ4n) is 3.51. The fraction of sp³-hybridized carbons (Fsp3) is 0.381. The van der Waals surface area contributed by atoms with Crippen molar-refractivity contribution < 1.29 is 19.1 Å². The average Bonchev–Trinajstić information content (AvgIpc) is 2.72. The predicted molar refractivity (Wildman–Crippen MR) is 112 cm³/mol. The molecule has 1 aliphatic heterocycles. The van der Waals surface area contributed by atoms with E-state index in [0.717, 1.165) is 24.1 Å². The van der Waals surface area contributed by atoms with E-state index in [1.807, 2.05) is 14.0 Å². The molecular formula is C21H26FN5O3. The number of halogens is 1. The number of carbonyl (C=O) groups is 2. The molecule has 1 aliphatic rings. The van der Waals surface area contributed by atoms with Crippen LogP contribution in [0.3, 0.4) is 0 Å². The minimum Gasteiger partial charge on any atom is -0.465 e. The van der Waals surface area contributed by atoms with Crippen molar-refractivity contribution in [3.63, 3.8) is 0 Å². The van der Waals surface area contributed by atoms with Gasteiger partial charge in [0.2, 0.25) is 0 Å². The van der Waals surface area contributed by atoms with Gasteiger partial charge in [-0.3, -0.25) is 9.88 Å². The van der Waals surface area contributed by atoms with Crippen molar-refractivity contribution >= 4 is 23.5 Å². The first-order chi connectivity index (χ1) is 14.3. The van der Waals surface area contributed by atoms with Gasteiger partial charge < -0.3 is 20.6 Å². The molecule has 3 amide bonds. The van der Waals surface area contributed by atoms with Crippen LogP contribution < -0.4 is 10.6 Å². The lowest BCUT2D eigenvalue weighted by molar-refractivity contribution is 0.103. The van der Waals surface area contributed by atoms with Gasteiger partial charge in [0.25, 0.3) is 0 Å². The number of piperidine rings is 1. The first kappa shape index (κ1) is 21.5. The van der Waals surface area contributed by atoms with Crippen LogP contribution in [-0.2, 0) is 6.54 Å². The van der Waals surface area contributed by atoms with Gasteiger partial charge in [0.15, 0.2) is 0 Å². The van der Waals surface area contributed by atoms with Crippen LogP contribution in [0.15, 0.2) is 36.5 Å². The van der Waals surface area contributed by atoms with Gasteiger partial charge >= 0.3 is 12.1 Å². The first-order valence-corrected chi connectivity index (χ1v) is 9.79. The summed E-state index contributed by atoms with van der Waals surface area (Å²) in [5.41, 5.74) is 2.30.